The molecule has 0 bridgehead atoms. The van der Waals surface area contributed by atoms with Crippen LogP contribution in [-0.4, -0.2) is 11.7 Å². The van der Waals surface area contributed by atoms with Gasteiger partial charge in [-0.25, -0.2) is 0 Å². The summed E-state index contributed by atoms with van der Waals surface area (Å²) in [6, 6.07) is 7.83. The minimum atomic E-state index is -0.307. The van der Waals surface area contributed by atoms with E-state index in [4.69, 9.17) is 14.6 Å². The minimum absolute atomic E-state index is 0.178. The first kappa shape index (κ1) is 9.09. The van der Waals surface area contributed by atoms with Gasteiger partial charge in [0.1, 0.15) is 12.5 Å². The Balaban J connectivity index is 2.05. The molecule has 0 fully saturated rings. The minimum Gasteiger partial charge on any atom is -0.455 e. The van der Waals surface area contributed by atoms with Crippen LogP contribution in [0.1, 0.15) is 17.4 Å². The fourth-order valence-electron chi connectivity index (χ4n) is 1.37. The quantitative estimate of drug-likeness (QED) is 0.792. The van der Waals surface area contributed by atoms with Gasteiger partial charge in [-0.15, -0.1) is 0 Å². The molecule has 1 aromatic rings. The molecule has 0 saturated heterocycles. The van der Waals surface area contributed by atoms with Crippen molar-refractivity contribution in [2.45, 2.75) is 12.7 Å². The maximum absolute atomic E-state index is 8.74. The lowest BCUT2D eigenvalue weighted by atomic mass is 10.1. The van der Waals surface area contributed by atoms with Gasteiger partial charge in [0.25, 0.3) is 6.29 Å². The first-order valence-electron chi connectivity index (χ1n) is 4.56. The normalized spacial score (nSPS) is 15.2. The van der Waals surface area contributed by atoms with Crippen molar-refractivity contribution in [3.63, 3.8) is 0 Å². The van der Waals surface area contributed by atoms with Crippen LogP contribution in [0, 0.1) is 0 Å². The monoisotopic (exact) mass is 192 g/mol. The highest BCUT2D eigenvalue weighted by Gasteiger charge is 2.14. The van der Waals surface area contributed by atoms with E-state index >= 15 is 0 Å². The molecule has 2 rings (SSSR count). The van der Waals surface area contributed by atoms with Crippen LogP contribution < -0.4 is 0 Å². The Kier molecular flexibility index (Phi) is 2.70. The van der Waals surface area contributed by atoms with Crippen LogP contribution in [0.2, 0.25) is 0 Å². The molecule has 1 aliphatic rings. The van der Waals surface area contributed by atoms with E-state index in [1.165, 1.54) is 12.5 Å². The zero-order chi connectivity index (χ0) is 9.80. The van der Waals surface area contributed by atoms with Gasteiger partial charge in [0.15, 0.2) is 0 Å². The highest BCUT2D eigenvalue weighted by atomic mass is 16.7. The Hall–Kier alpha value is -1.48. The molecule has 1 N–H and O–H groups in total. The van der Waals surface area contributed by atoms with Gasteiger partial charge in [-0.3, -0.25) is 0 Å². The van der Waals surface area contributed by atoms with Gasteiger partial charge in [-0.05, 0) is 12.0 Å². The van der Waals surface area contributed by atoms with Crippen molar-refractivity contribution in [3.8, 4) is 0 Å². The molecule has 74 valence electrons. The first-order valence-corrected chi connectivity index (χ1v) is 4.56. The molecule has 0 spiro atoms. The van der Waals surface area contributed by atoms with Crippen LogP contribution in [0.5, 0.6) is 0 Å². The zero-order valence-corrected chi connectivity index (χ0v) is 7.72. The lowest BCUT2D eigenvalue weighted by Crippen LogP contribution is -1.98. The van der Waals surface area contributed by atoms with Crippen molar-refractivity contribution in [3.05, 3.63) is 47.9 Å². The van der Waals surface area contributed by atoms with E-state index < -0.39 is 0 Å². The molecule has 14 heavy (non-hydrogen) atoms. The van der Waals surface area contributed by atoms with Gasteiger partial charge in [-0.1, -0.05) is 24.3 Å². The molecule has 0 unspecified atom stereocenters. The Labute approximate surface area is 82.6 Å². The summed E-state index contributed by atoms with van der Waals surface area (Å²) in [7, 11) is 0. The fraction of sp³-hybridized carbons (Fsp3) is 0.273. The molecular formula is C11H12O3. The average molecular weight is 192 g/mol. The molecule has 0 atom stereocenters. The third-order valence-electron chi connectivity index (χ3n) is 2.11. The third-order valence-corrected chi connectivity index (χ3v) is 2.11. The van der Waals surface area contributed by atoms with Crippen molar-refractivity contribution >= 4 is 0 Å². The second-order valence-corrected chi connectivity index (χ2v) is 3.09. The summed E-state index contributed by atoms with van der Waals surface area (Å²) in [6.07, 6.45) is 3.45. The topological polar surface area (TPSA) is 38.7 Å². The Morgan fingerprint density at radius 1 is 1.07 bits per heavy atom. The lowest BCUT2D eigenvalue weighted by Gasteiger charge is -2.10. The van der Waals surface area contributed by atoms with E-state index in [0.29, 0.717) is 6.42 Å². The van der Waals surface area contributed by atoms with Crippen LogP contribution in [0.3, 0.4) is 0 Å². The maximum atomic E-state index is 8.74. The summed E-state index contributed by atoms with van der Waals surface area (Å²) in [5.41, 5.74) is 2.10. The van der Waals surface area contributed by atoms with Crippen LogP contribution in [0.15, 0.2) is 36.8 Å². The second kappa shape index (κ2) is 4.15. The third kappa shape index (κ3) is 1.88. The number of hydrogen-bond acceptors (Lipinski definition) is 3. The summed E-state index contributed by atoms with van der Waals surface area (Å²) in [5, 5.41) is 8.74. The zero-order valence-electron chi connectivity index (χ0n) is 7.72. The summed E-state index contributed by atoms with van der Waals surface area (Å²) >= 11 is 0. The first-order chi connectivity index (χ1) is 6.90. The molecule has 1 aromatic carbocycles. The molecule has 0 saturated carbocycles. The van der Waals surface area contributed by atoms with Crippen LogP contribution in [-0.2, 0) is 15.9 Å². The number of ether oxygens (including phenoxy) is 2. The van der Waals surface area contributed by atoms with Crippen LogP contribution in [0.25, 0.3) is 0 Å². The molecule has 1 aliphatic heterocycles. The Morgan fingerprint density at radius 3 is 2.29 bits per heavy atom. The Morgan fingerprint density at radius 2 is 1.71 bits per heavy atom. The molecule has 0 aromatic heterocycles. The van der Waals surface area contributed by atoms with Crippen molar-refractivity contribution in [1.29, 1.82) is 0 Å². The SMILES string of the molecule is OCCc1ccc(C2OC=CO2)cc1. The molecule has 0 radical (unpaired) electrons. The van der Waals surface area contributed by atoms with Crippen LogP contribution >= 0.6 is 0 Å². The van der Waals surface area contributed by atoms with Gasteiger partial charge in [-0.2, -0.15) is 0 Å². The highest BCUT2D eigenvalue weighted by molar-refractivity contribution is 5.24. The van der Waals surface area contributed by atoms with E-state index in [9.17, 15) is 0 Å². The maximum Gasteiger partial charge on any atom is 0.266 e. The summed E-state index contributed by atoms with van der Waals surface area (Å²) in [5.74, 6) is 0. The van der Waals surface area contributed by atoms with Gasteiger partial charge < -0.3 is 14.6 Å². The van der Waals surface area contributed by atoms with Crippen molar-refractivity contribution in [2.75, 3.05) is 6.61 Å². The van der Waals surface area contributed by atoms with E-state index in [1.54, 1.807) is 0 Å². The molecule has 3 nitrogen and oxygen atoms in total. The second-order valence-electron chi connectivity index (χ2n) is 3.09. The van der Waals surface area contributed by atoms with E-state index in [-0.39, 0.29) is 12.9 Å². The standard InChI is InChI=1S/C11H12O3/c12-6-5-9-1-3-10(4-2-9)11-13-7-8-14-11/h1-4,7-8,11-12H,5-6H2. The number of rotatable bonds is 3. The van der Waals surface area contributed by atoms with E-state index in [2.05, 4.69) is 0 Å². The van der Waals surface area contributed by atoms with E-state index in [1.807, 2.05) is 24.3 Å². The summed E-state index contributed by atoms with van der Waals surface area (Å²) in [4.78, 5) is 0. The van der Waals surface area contributed by atoms with Crippen molar-refractivity contribution < 1.29 is 14.6 Å². The fourth-order valence-corrected chi connectivity index (χ4v) is 1.37. The molecule has 0 aliphatic carbocycles. The number of hydrogen-bond donors (Lipinski definition) is 1. The number of aliphatic hydroxyl groups is 1. The van der Waals surface area contributed by atoms with Gasteiger partial charge >= 0.3 is 0 Å². The molecule has 3 heteroatoms. The van der Waals surface area contributed by atoms with Gasteiger partial charge in [0, 0.05) is 12.2 Å². The van der Waals surface area contributed by atoms with Crippen molar-refractivity contribution in [1.82, 2.24) is 0 Å². The van der Waals surface area contributed by atoms with Crippen LogP contribution in [0.4, 0.5) is 0 Å². The molecular weight excluding hydrogens is 180 g/mol. The predicted octanol–water partition coefficient (Wildman–Crippen LogP) is 1.74. The largest absolute Gasteiger partial charge is 0.455 e. The summed E-state index contributed by atoms with van der Waals surface area (Å²) in [6.45, 7) is 0.178. The van der Waals surface area contributed by atoms with Gasteiger partial charge in [0.2, 0.25) is 0 Å². The molecule has 1 heterocycles. The highest BCUT2D eigenvalue weighted by Crippen LogP contribution is 2.23. The summed E-state index contributed by atoms with van der Waals surface area (Å²) < 4.78 is 10.4. The lowest BCUT2D eigenvalue weighted by molar-refractivity contribution is -0.0246. The smallest absolute Gasteiger partial charge is 0.266 e. The van der Waals surface area contributed by atoms with Gasteiger partial charge in [0.05, 0.1) is 0 Å². The predicted molar refractivity (Wildman–Crippen MR) is 51.3 cm³/mol. The average Bonchev–Trinajstić information content (AvgIpc) is 2.72. The Bertz CT molecular complexity index is 308. The number of aliphatic hydroxyl groups excluding tert-OH is 1. The number of benzene rings is 1. The van der Waals surface area contributed by atoms with Crippen molar-refractivity contribution in [2.24, 2.45) is 0 Å². The molecule has 0 amide bonds. The van der Waals surface area contributed by atoms with E-state index in [0.717, 1.165) is 11.1 Å².